The van der Waals surface area contributed by atoms with Crippen molar-refractivity contribution in [1.29, 1.82) is 0 Å². The molecule has 2 aliphatic heterocycles. The summed E-state index contributed by atoms with van der Waals surface area (Å²) in [7, 11) is 1.39. The fourth-order valence-corrected chi connectivity index (χ4v) is 6.73. The summed E-state index contributed by atoms with van der Waals surface area (Å²) < 4.78 is 6.07. The van der Waals surface area contributed by atoms with Gasteiger partial charge in [0.05, 0.1) is 24.8 Å². The number of ether oxygens (including phenoxy) is 1. The molecule has 3 heterocycles. The molecule has 2 aliphatic rings. The van der Waals surface area contributed by atoms with E-state index >= 15 is 0 Å². The molecule has 0 unspecified atom stereocenters. The summed E-state index contributed by atoms with van der Waals surface area (Å²) in [5.41, 5.74) is 14.8. The zero-order valence-corrected chi connectivity index (χ0v) is 31.9. The number of hydrogen-bond acceptors (Lipinski definition) is 9. The van der Waals surface area contributed by atoms with Crippen molar-refractivity contribution >= 4 is 5.97 Å². The largest absolute Gasteiger partial charge is 0.466 e. The van der Waals surface area contributed by atoms with E-state index in [-0.39, 0.29) is 23.8 Å². The third-order valence-corrected chi connectivity index (χ3v) is 9.58. The second kappa shape index (κ2) is 20.0. The summed E-state index contributed by atoms with van der Waals surface area (Å²) in [5, 5.41) is 2.80. The normalized spacial score (nSPS) is 14.1. The molecule has 0 amide bonds. The van der Waals surface area contributed by atoms with E-state index < -0.39 is 0 Å². The predicted molar refractivity (Wildman–Crippen MR) is 216 cm³/mol. The Balaban J connectivity index is 0.000000178. The van der Waals surface area contributed by atoms with Gasteiger partial charge in [-0.2, -0.15) is 4.91 Å². The molecule has 0 spiro atoms. The van der Waals surface area contributed by atoms with Crippen molar-refractivity contribution in [2.45, 2.75) is 59.4 Å². The number of methoxy groups -OCH3 is 1. The first-order valence-corrected chi connectivity index (χ1v) is 18.5. The molecule has 0 aliphatic carbocycles. The van der Waals surface area contributed by atoms with Crippen molar-refractivity contribution in [3.63, 3.8) is 0 Å². The van der Waals surface area contributed by atoms with Crippen LogP contribution in [0.15, 0.2) is 135 Å². The summed E-state index contributed by atoms with van der Waals surface area (Å²) >= 11 is 0. The Bertz CT molecular complexity index is 2200. The van der Waals surface area contributed by atoms with E-state index in [4.69, 9.17) is 10.5 Å². The van der Waals surface area contributed by atoms with Crippen LogP contribution >= 0.6 is 0 Å². The number of aromatic amines is 1. The predicted octanol–water partition coefficient (Wildman–Crippen LogP) is 5.99. The fourth-order valence-electron chi connectivity index (χ4n) is 6.73. The van der Waals surface area contributed by atoms with Crippen molar-refractivity contribution in [3.8, 4) is 0 Å². The first-order valence-electron chi connectivity index (χ1n) is 18.5. The standard InChI is InChI=1S/C22H23N3O2.C14H18N2O2.C8H9NO/c1-16-6-5-9-18(12-16)14-25-21(26)19-15-24(11-10-20(19)23-22(25)27)13-17-7-3-2-4-8-17;1-18-14(17)12-10-16(8-7-13(12)15)9-11-5-3-2-4-6-11;1-7-3-2-4-8(5-7)6-9-10/h2-9,12H,10-11,13-15H2,1H3,(H,23,27);2-6H,7-10,15H2,1H3;2-5H,6H2,1H3. The maximum absolute atomic E-state index is 13.0. The molecule has 55 heavy (non-hydrogen) atoms. The van der Waals surface area contributed by atoms with Gasteiger partial charge in [0.15, 0.2) is 0 Å². The van der Waals surface area contributed by atoms with Crippen LogP contribution in [0.1, 0.15) is 51.1 Å². The summed E-state index contributed by atoms with van der Waals surface area (Å²) in [4.78, 5) is 54.3. The van der Waals surface area contributed by atoms with Crippen molar-refractivity contribution in [2.75, 3.05) is 26.7 Å². The molecule has 3 N–H and O–H groups in total. The second-order valence-electron chi connectivity index (χ2n) is 13.9. The molecule has 7 rings (SSSR count). The molecule has 0 saturated heterocycles. The number of aryl methyl sites for hydroxylation is 2. The number of nitroso groups, excluding NO2 is 1. The SMILES string of the molecule is COC(=O)C1=C(N)CCN(Cc2ccccc2)C1.Cc1cccc(CN=O)c1.Cc1cccc(Cn2c(=O)[nH]c3c(c2=O)CN(Cc2ccccc2)CC3)c1. The lowest BCUT2D eigenvalue weighted by Crippen LogP contribution is -2.43. The molecule has 0 fully saturated rings. The van der Waals surface area contributed by atoms with E-state index in [1.807, 2.05) is 98.8 Å². The number of nitrogens with two attached hydrogens (primary N) is 1. The van der Waals surface area contributed by atoms with Crippen LogP contribution in [0.3, 0.4) is 0 Å². The smallest absolute Gasteiger partial charge is 0.336 e. The highest BCUT2D eigenvalue weighted by atomic mass is 16.5. The lowest BCUT2D eigenvalue weighted by molar-refractivity contribution is -0.136. The van der Waals surface area contributed by atoms with Gasteiger partial charge in [0.1, 0.15) is 6.54 Å². The van der Waals surface area contributed by atoms with Gasteiger partial charge in [0, 0.05) is 63.5 Å². The van der Waals surface area contributed by atoms with Crippen molar-refractivity contribution in [3.05, 3.63) is 191 Å². The molecular weight excluding hydrogens is 693 g/mol. The molecule has 5 aromatic rings. The summed E-state index contributed by atoms with van der Waals surface area (Å²) in [6, 6.07) is 36.1. The van der Waals surface area contributed by atoms with Crippen LogP contribution in [0, 0.1) is 18.8 Å². The van der Waals surface area contributed by atoms with Crippen LogP contribution in [0.5, 0.6) is 0 Å². The first kappa shape index (κ1) is 40.3. The van der Waals surface area contributed by atoms with Crippen LogP contribution in [0.4, 0.5) is 0 Å². The minimum absolute atomic E-state index is 0.173. The molecule has 286 valence electrons. The Morgan fingerprint density at radius 2 is 1.27 bits per heavy atom. The van der Waals surface area contributed by atoms with Gasteiger partial charge in [-0.05, 0) is 36.1 Å². The van der Waals surface area contributed by atoms with Crippen LogP contribution in [-0.2, 0) is 48.7 Å². The van der Waals surface area contributed by atoms with E-state index in [9.17, 15) is 19.3 Å². The quantitative estimate of drug-likeness (QED) is 0.139. The number of carbonyl (C=O) groups excluding carboxylic acids is 1. The highest BCUT2D eigenvalue weighted by Crippen LogP contribution is 2.18. The van der Waals surface area contributed by atoms with Gasteiger partial charge in [-0.15, -0.1) is 0 Å². The fraction of sp³-hybridized carbons (Fsp3) is 0.295. The average Bonchev–Trinajstić information content (AvgIpc) is 3.19. The number of benzene rings is 4. The summed E-state index contributed by atoms with van der Waals surface area (Å²) in [6.45, 7) is 9.04. The molecule has 11 heteroatoms. The van der Waals surface area contributed by atoms with Gasteiger partial charge in [-0.25, -0.2) is 9.59 Å². The van der Waals surface area contributed by atoms with Gasteiger partial charge >= 0.3 is 11.7 Å². The Hall–Kier alpha value is -5.91. The molecule has 0 radical (unpaired) electrons. The summed E-state index contributed by atoms with van der Waals surface area (Å²) in [6.07, 6.45) is 1.41. The molecule has 1 aromatic heterocycles. The van der Waals surface area contributed by atoms with Crippen molar-refractivity contribution in [2.24, 2.45) is 10.9 Å². The molecule has 4 aromatic carbocycles. The number of carbonyl (C=O) groups is 1. The molecule has 0 bridgehead atoms. The molecule has 0 saturated carbocycles. The van der Waals surface area contributed by atoms with Gasteiger partial charge in [0.2, 0.25) is 0 Å². The maximum Gasteiger partial charge on any atom is 0.336 e. The molecular formula is C44H50N6O5. The van der Waals surface area contributed by atoms with Crippen molar-refractivity contribution < 1.29 is 9.53 Å². The zero-order valence-electron chi connectivity index (χ0n) is 31.9. The van der Waals surface area contributed by atoms with E-state index in [2.05, 4.69) is 44.2 Å². The second-order valence-corrected chi connectivity index (χ2v) is 13.9. The number of rotatable bonds is 9. The number of aromatic nitrogens is 2. The number of esters is 1. The van der Waals surface area contributed by atoms with E-state index in [0.29, 0.717) is 42.9 Å². The highest BCUT2D eigenvalue weighted by Gasteiger charge is 2.24. The molecule has 11 nitrogen and oxygen atoms in total. The van der Waals surface area contributed by atoms with Crippen LogP contribution < -0.4 is 17.0 Å². The molecule has 0 atom stereocenters. The van der Waals surface area contributed by atoms with Gasteiger partial charge < -0.3 is 15.5 Å². The topological polar surface area (TPSA) is 143 Å². The van der Waals surface area contributed by atoms with E-state index in [1.54, 1.807) is 0 Å². The van der Waals surface area contributed by atoms with E-state index in [0.717, 1.165) is 55.0 Å². The monoisotopic (exact) mass is 742 g/mol. The van der Waals surface area contributed by atoms with Gasteiger partial charge in [-0.1, -0.05) is 125 Å². The Labute approximate surface area is 322 Å². The third-order valence-electron chi connectivity index (χ3n) is 9.58. The zero-order chi connectivity index (χ0) is 39.2. The minimum atomic E-state index is -0.322. The van der Waals surface area contributed by atoms with Crippen molar-refractivity contribution in [1.82, 2.24) is 19.4 Å². The highest BCUT2D eigenvalue weighted by molar-refractivity contribution is 5.89. The minimum Gasteiger partial charge on any atom is -0.466 e. The summed E-state index contributed by atoms with van der Waals surface area (Å²) in [5.74, 6) is -0.315. The Morgan fingerprint density at radius 3 is 1.85 bits per heavy atom. The van der Waals surface area contributed by atoms with Crippen LogP contribution in [0.2, 0.25) is 0 Å². The van der Waals surface area contributed by atoms with Crippen LogP contribution in [-0.4, -0.2) is 52.1 Å². The van der Waals surface area contributed by atoms with Gasteiger partial charge in [0.25, 0.3) is 5.56 Å². The number of hydrogen-bond donors (Lipinski definition) is 2. The first-order chi connectivity index (χ1) is 26.6. The third kappa shape index (κ3) is 11.8. The van der Waals surface area contributed by atoms with E-state index in [1.165, 1.54) is 28.4 Å². The lowest BCUT2D eigenvalue weighted by atomic mass is 10.1. The van der Waals surface area contributed by atoms with Gasteiger partial charge in [-0.3, -0.25) is 19.2 Å². The average molecular weight is 743 g/mol. The lowest BCUT2D eigenvalue weighted by Gasteiger charge is -2.28. The van der Waals surface area contributed by atoms with Crippen LogP contribution in [0.25, 0.3) is 0 Å². The maximum atomic E-state index is 13.0. The Kier molecular flexibility index (Phi) is 14.6. The number of H-pyrrole nitrogens is 1. The number of fused-ring (bicyclic) bond motifs is 1. The number of nitrogens with one attached hydrogen (secondary N) is 1. The number of nitrogens with zero attached hydrogens (tertiary/aromatic N) is 4. The Morgan fingerprint density at radius 1 is 0.727 bits per heavy atom.